The topological polar surface area (TPSA) is 107 Å². The number of piperazine rings is 1. The van der Waals surface area contributed by atoms with Gasteiger partial charge in [0.2, 0.25) is 11.5 Å². The van der Waals surface area contributed by atoms with Gasteiger partial charge >= 0.3 is 6.18 Å². The Morgan fingerprint density at radius 2 is 1.59 bits per heavy atom. The molecule has 0 unspecified atom stereocenters. The Bertz CT molecular complexity index is 1560. The maximum Gasteiger partial charge on any atom is 0.417 e. The number of hydrogen-bond acceptors (Lipinski definition) is 8. The smallest absolute Gasteiger partial charge is 0.372 e. The van der Waals surface area contributed by atoms with Crippen LogP contribution in [0, 0.1) is 5.82 Å². The van der Waals surface area contributed by atoms with E-state index < -0.39 is 34.6 Å². The zero-order valence-corrected chi connectivity index (χ0v) is 25.1. The molecule has 0 bridgehead atoms. The molecule has 0 spiro atoms. The van der Waals surface area contributed by atoms with Gasteiger partial charge in [0.25, 0.3) is 5.91 Å². The van der Waals surface area contributed by atoms with Gasteiger partial charge < -0.3 is 24.8 Å². The molecule has 4 heterocycles. The fourth-order valence-corrected chi connectivity index (χ4v) is 5.80. The van der Waals surface area contributed by atoms with Crippen molar-refractivity contribution < 1.29 is 27.1 Å². The number of aromatic nitrogens is 3. The summed E-state index contributed by atoms with van der Waals surface area (Å²) < 4.78 is 62.8. The van der Waals surface area contributed by atoms with E-state index in [-0.39, 0.29) is 35.5 Å². The second-order valence-corrected chi connectivity index (χ2v) is 11.6. The third-order valence-corrected chi connectivity index (χ3v) is 8.16. The standard InChI is InChI=1S/C30H35F4N7O3/c1-16-12-40(13-17(2)39(16)5)26-8-24(31)21(20-9-36-29(37-10-20)41-14-18(3)44-19(4)15-41)6-25(26)38-28(43)22-11-35-27(42)7-23(22)30(32,33)34/h6-11,16-19H,12-15H2,1-5H3,(H,35,42)(H,38,43)/t16-,17+,18-,19+. The van der Waals surface area contributed by atoms with E-state index in [9.17, 15) is 22.8 Å². The number of nitrogens with one attached hydrogen (secondary N) is 2. The molecule has 0 aliphatic carbocycles. The Labute approximate surface area is 252 Å². The molecule has 2 fully saturated rings. The van der Waals surface area contributed by atoms with Crippen LogP contribution in [0.3, 0.4) is 0 Å². The van der Waals surface area contributed by atoms with E-state index in [1.165, 1.54) is 24.5 Å². The zero-order valence-electron chi connectivity index (χ0n) is 25.1. The van der Waals surface area contributed by atoms with Crippen molar-refractivity contribution in [1.82, 2.24) is 19.9 Å². The second-order valence-electron chi connectivity index (χ2n) is 11.6. The van der Waals surface area contributed by atoms with Crippen molar-refractivity contribution in [1.29, 1.82) is 0 Å². The normalized spacial score (nSPS) is 23.1. The van der Waals surface area contributed by atoms with Gasteiger partial charge in [0.05, 0.1) is 34.7 Å². The lowest BCUT2D eigenvalue weighted by atomic mass is 10.0. The second kappa shape index (κ2) is 12.2. The monoisotopic (exact) mass is 617 g/mol. The van der Waals surface area contributed by atoms with Crippen molar-refractivity contribution in [2.45, 2.75) is 58.2 Å². The number of rotatable bonds is 5. The largest absolute Gasteiger partial charge is 0.417 e. The molecule has 0 radical (unpaired) electrons. The Morgan fingerprint density at radius 3 is 2.18 bits per heavy atom. The predicted molar refractivity (Wildman–Crippen MR) is 159 cm³/mol. The SMILES string of the molecule is C[C@@H]1CN(c2ncc(-c3cc(NC(=O)c4c[nH]c(=O)cc4C(F)(F)F)c(N4C[C@@H](C)N(C)[C@@H](C)C4)cc3F)cn2)C[C@H](C)O1. The van der Waals surface area contributed by atoms with Crippen LogP contribution >= 0.6 is 0 Å². The molecule has 14 heteroatoms. The molecule has 44 heavy (non-hydrogen) atoms. The summed E-state index contributed by atoms with van der Waals surface area (Å²) in [6.07, 6.45) is -1.31. The number of H-pyrrole nitrogens is 1. The first kappa shape index (κ1) is 31.4. The summed E-state index contributed by atoms with van der Waals surface area (Å²) in [5.41, 5.74) is -2.33. The van der Waals surface area contributed by atoms with Crippen LogP contribution in [0.4, 0.5) is 34.9 Å². The number of carbonyl (C=O) groups excluding carboxylic acids is 1. The van der Waals surface area contributed by atoms with Gasteiger partial charge in [0, 0.05) is 74.0 Å². The number of hydrogen-bond donors (Lipinski definition) is 2. The number of likely N-dealkylation sites (N-methyl/N-ethyl adjacent to an activating group) is 1. The Kier molecular flexibility index (Phi) is 8.67. The van der Waals surface area contributed by atoms with Crippen molar-refractivity contribution in [3.8, 4) is 11.1 Å². The first-order valence-electron chi connectivity index (χ1n) is 14.4. The van der Waals surface area contributed by atoms with E-state index in [2.05, 4.69) is 25.2 Å². The molecule has 2 saturated heterocycles. The number of carbonyl (C=O) groups is 1. The molecule has 0 saturated carbocycles. The minimum absolute atomic E-state index is 0.0153. The van der Waals surface area contributed by atoms with Crippen LogP contribution < -0.4 is 20.7 Å². The average molecular weight is 618 g/mol. The number of alkyl halides is 3. The third kappa shape index (κ3) is 6.55. The lowest BCUT2D eigenvalue weighted by Gasteiger charge is -2.44. The number of nitrogens with zero attached hydrogens (tertiary/aromatic N) is 5. The van der Waals surface area contributed by atoms with Crippen molar-refractivity contribution >= 4 is 23.2 Å². The Balaban J connectivity index is 1.54. The van der Waals surface area contributed by atoms with Gasteiger partial charge in [-0.3, -0.25) is 14.5 Å². The molecule has 1 aromatic carbocycles. The van der Waals surface area contributed by atoms with Gasteiger partial charge in [-0.05, 0) is 46.9 Å². The molecule has 3 aromatic rings. The molecule has 2 aliphatic heterocycles. The number of anilines is 3. The predicted octanol–water partition coefficient (Wildman–Crippen LogP) is 4.38. The molecule has 5 rings (SSSR count). The lowest BCUT2D eigenvalue weighted by Crippen LogP contribution is -2.55. The van der Waals surface area contributed by atoms with E-state index in [4.69, 9.17) is 4.74 Å². The summed E-state index contributed by atoms with van der Waals surface area (Å²) in [5, 5.41) is 2.56. The summed E-state index contributed by atoms with van der Waals surface area (Å²) in [6.45, 7) is 10.1. The molecule has 2 aliphatic rings. The maximum absolute atomic E-state index is 15.8. The molecular formula is C30H35F4N7O3. The number of benzene rings is 1. The fourth-order valence-electron chi connectivity index (χ4n) is 5.80. The summed E-state index contributed by atoms with van der Waals surface area (Å²) >= 11 is 0. The van der Waals surface area contributed by atoms with Crippen LogP contribution in [0.15, 0.2) is 41.6 Å². The van der Waals surface area contributed by atoms with Crippen molar-refractivity contribution in [3.05, 3.63) is 64.1 Å². The Morgan fingerprint density at radius 1 is 0.977 bits per heavy atom. The quantitative estimate of drug-likeness (QED) is 0.407. The number of morpholine rings is 1. The van der Waals surface area contributed by atoms with Crippen LogP contribution in [0.1, 0.15) is 43.6 Å². The average Bonchev–Trinajstić information content (AvgIpc) is 2.95. The van der Waals surface area contributed by atoms with Crippen LogP contribution in [-0.2, 0) is 10.9 Å². The van der Waals surface area contributed by atoms with E-state index in [0.717, 1.165) is 6.20 Å². The number of amides is 1. The van der Waals surface area contributed by atoms with Gasteiger partial charge in [-0.15, -0.1) is 0 Å². The van der Waals surface area contributed by atoms with Crippen LogP contribution in [0.2, 0.25) is 0 Å². The summed E-state index contributed by atoms with van der Waals surface area (Å²) in [6, 6.07) is 3.14. The van der Waals surface area contributed by atoms with Gasteiger partial charge in [0.15, 0.2) is 0 Å². The Hall–Kier alpha value is -4.04. The van der Waals surface area contributed by atoms with Gasteiger partial charge in [-0.25, -0.2) is 14.4 Å². The number of halogens is 4. The molecule has 236 valence electrons. The number of ether oxygens (including phenoxy) is 1. The maximum atomic E-state index is 15.8. The fraction of sp³-hybridized carbons (Fsp3) is 0.467. The van der Waals surface area contributed by atoms with Crippen LogP contribution in [0.5, 0.6) is 0 Å². The molecule has 2 N–H and O–H groups in total. The molecule has 4 atom stereocenters. The molecule has 2 aromatic heterocycles. The van der Waals surface area contributed by atoms with E-state index in [1.807, 2.05) is 44.5 Å². The van der Waals surface area contributed by atoms with E-state index in [1.54, 1.807) is 0 Å². The molecule has 10 nitrogen and oxygen atoms in total. The molecule has 1 amide bonds. The highest BCUT2D eigenvalue weighted by Gasteiger charge is 2.36. The lowest BCUT2D eigenvalue weighted by molar-refractivity contribution is -0.138. The first-order valence-corrected chi connectivity index (χ1v) is 14.4. The number of pyridine rings is 1. The first-order chi connectivity index (χ1) is 20.7. The highest BCUT2D eigenvalue weighted by atomic mass is 19.4. The number of aromatic amines is 1. The zero-order chi connectivity index (χ0) is 31.9. The summed E-state index contributed by atoms with van der Waals surface area (Å²) in [7, 11) is 1.98. The van der Waals surface area contributed by atoms with Crippen molar-refractivity contribution in [2.75, 3.05) is 48.3 Å². The summed E-state index contributed by atoms with van der Waals surface area (Å²) in [5.74, 6) is -1.26. The van der Waals surface area contributed by atoms with Crippen LogP contribution in [-0.4, -0.2) is 83.3 Å². The highest BCUT2D eigenvalue weighted by Crippen LogP contribution is 2.37. The molecular weight excluding hydrogens is 582 g/mol. The van der Waals surface area contributed by atoms with Gasteiger partial charge in [-0.2, -0.15) is 13.2 Å². The van der Waals surface area contributed by atoms with E-state index in [0.29, 0.717) is 49.4 Å². The van der Waals surface area contributed by atoms with Crippen molar-refractivity contribution in [3.63, 3.8) is 0 Å². The summed E-state index contributed by atoms with van der Waals surface area (Å²) in [4.78, 5) is 42.0. The minimum Gasteiger partial charge on any atom is -0.372 e. The minimum atomic E-state index is -4.95. The highest BCUT2D eigenvalue weighted by molar-refractivity contribution is 6.07. The van der Waals surface area contributed by atoms with E-state index >= 15 is 4.39 Å². The third-order valence-electron chi connectivity index (χ3n) is 8.16. The van der Waals surface area contributed by atoms with Crippen LogP contribution in [0.25, 0.3) is 11.1 Å². The van der Waals surface area contributed by atoms with Crippen molar-refractivity contribution in [2.24, 2.45) is 0 Å². The van der Waals surface area contributed by atoms with Gasteiger partial charge in [-0.1, -0.05) is 0 Å². The van der Waals surface area contributed by atoms with Gasteiger partial charge in [0.1, 0.15) is 5.82 Å².